The maximum absolute atomic E-state index is 6.12. The molecule has 0 saturated carbocycles. The molecule has 1 heterocycles. The van der Waals surface area contributed by atoms with Crippen molar-refractivity contribution in [1.29, 1.82) is 0 Å². The van der Waals surface area contributed by atoms with Crippen LogP contribution in [0.5, 0.6) is 0 Å². The van der Waals surface area contributed by atoms with Gasteiger partial charge in [0, 0.05) is 28.4 Å². The van der Waals surface area contributed by atoms with Crippen LogP contribution in [-0.2, 0) is 5.75 Å². The molecular weight excluding hydrogens is 299 g/mol. The van der Waals surface area contributed by atoms with E-state index in [4.69, 9.17) is 23.2 Å². The van der Waals surface area contributed by atoms with Gasteiger partial charge in [0.25, 0.3) is 0 Å². The van der Waals surface area contributed by atoms with Crippen LogP contribution in [0.1, 0.15) is 12.5 Å². The zero-order chi connectivity index (χ0) is 13.7. The Morgan fingerprint density at radius 3 is 2.74 bits per heavy atom. The second kappa shape index (κ2) is 7.04. The summed E-state index contributed by atoms with van der Waals surface area (Å²) in [5, 5.41) is 4.60. The van der Waals surface area contributed by atoms with Crippen molar-refractivity contribution in [3.05, 3.63) is 52.1 Å². The van der Waals surface area contributed by atoms with E-state index in [0.717, 1.165) is 33.6 Å². The molecule has 1 N–H and O–H groups in total. The smallest absolute Gasteiger partial charge is 0.125 e. The third kappa shape index (κ3) is 4.30. The molecule has 0 aliphatic heterocycles. The van der Waals surface area contributed by atoms with Gasteiger partial charge in [0.15, 0.2) is 0 Å². The average molecular weight is 313 g/mol. The quantitative estimate of drug-likeness (QED) is 0.776. The molecule has 0 aliphatic carbocycles. The zero-order valence-corrected chi connectivity index (χ0v) is 12.8. The highest BCUT2D eigenvalue weighted by Gasteiger charge is 2.03. The lowest BCUT2D eigenvalue weighted by atomic mass is 10.3. The highest BCUT2D eigenvalue weighted by molar-refractivity contribution is 7.98. The van der Waals surface area contributed by atoms with Gasteiger partial charge < -0.3 is 5.32 Å². The van der Waals surface area contributed by atoms with Crippen LogP contribution in [0.3, 0.4) is 0 Å². The number of nitrogens with one attached hydrogen (secondary N) is 1. The number of thioether (sulfide) groups is 1. The van der Waals surface area contributed by atoms with Crippen molar-refractivity contribution in [2.75, 3.05) is 11.9 Å². The number of anilines is 1. The van der Waals surface area contributed by atoms with Crippen molar-refractivity contribution in [3.63, 3.8) is 0 Å². The Balaban J connectivity index is 2.00. The summed E-state index contributed by atoms with van der Waals surface area (Å²) in [5.74, 6) is 1.72. The van der Waals surface area contributed by atoms with Crippen LogP contribution in [0.2, 0.25) is 10.0 Å². The van der Waals surface area contributed by atoms with Gasteiger partial charge in [-0.3, -0.25) is 0 Å². The van der Waals surface area contributed by atoms with Crippen LogP contribution < -0.4 is 5.32 Å². The lowest BCUT2D eigenvalue weighted by Crippen LogP contribution is -1.98. The summed E-state index contributed by atoms with van der Waals surface area (Å²) in [6, 6.07) is 9.55. The summed E-state index contributed by atoms with van der Waals surface area (Å²) in [6.07, 6.45) is 1.88. The van der Waals surface area contributed by atoms with Gasteiger partial charge in [0.05, 0.1) is 5.02 Å². The van der Waals surface area contributed by atoms with Crippen LogP contribution >= 0.6 is 35.0 Å². The molecule has 0 amide bonds. The number of benzene rings is 1. The van der Waals surface area contributed by atoms with E-state index in [1.54, 1.807) is 17.8 Å². The number of hydrogen-bond donors (Lipinski definition) is 1. The molecule has 5 heteroatoms. The van der Waals surface area contributed by atoms with Gasteiger partial charge in [-0.2, -0.15) is 0 Å². The van der Waals surface area contributed by atoms with Crippen molar-refractivity contribution in [3.8, 4) is 0 Å². The molecule has 19 heavy (non-hydrogen) atoms. The molecule has 0 saturated heterocycles. The third-order valence-corrected chi connectivity index (χ3v) is 4.27. The van der Waals surface area contributed by atoms with Gasteiger partial charge in [0.2, 0.25) is 0 Å². The van der Waals surface area contributed by atoms with Gasteiger partial charge in [-0.15, -0.1) is 11.8 Å². The molecule has 2 aromatic rings. The van der Waals surface area contributed by atoms with Gasteiger partial charge in [-0.25, -0.2) is 4.98 Å². The molecule has 2 rings (SSSR count). The first kappa shape index (κ1) is 14.5. The summed E-state index contributed by atoms with van der Waals surface area (Å²) >= 11 is 13.7. The Morgan fingerprint density at radius 2 is 2.05 bits per heavy atom. The Hall–Kier alpha value is -0.900. The first-order valence-corrected chi connectivity index (χ1v) is 7.70. The van der Waals surface area contributed by atoms with E-state index in [0.29, 0.717) is 5.02 Å². The van der Waals surface area contributed by atoms with Crippen molar-refractivity contribution in [2.24, 2.45) is 0 Å². The molecule has 100 valence electrons. The standard InChI is InChI=1S/C14H14Cl2N2S/c1-2-17-14-6-3-10(8-18-14)9-19-13-7-11(15)4-5-12(13)16/h3-8H,2,9H2,1H3,(H,17,18). The minimum Gasteiger partial charge on any atom is -0.370 e. The molecule has 0 bridgehead atoms. The maximum atomic E-state index is 6.12. The largest absolute Gasteiger partial charge is 0.370 e. The molecule has 0 atom stereocenters. The van der Waals surface area contributed by atoms with E-state index in [9.17, 15) is 0 Å². The molecule has 1 aromatic heterocycles. The topological polar surface area (TPSA) is 24.9 Å². The fourth-order valence-electron chi connectivity index (χ4n) is 1.54. The monoisotopic (exact) mass is 312 g/mol. The lowest BCUT2D eigenvalue weighted by Gasteiger charge is -2.06. The van der Waals surface area contributed by atoms with Crippen LogP contribution in [0, 0.1) is 0 Å². The lowest BCUT2D eigenvalue weighted by molar-refractivity contribution is 1.14. The first-order chi connectivity index (χ1) is 9.19. The number of nitrogens with zero attached hydrogens (tertiary/aromatic N) is 1. The van der Waals surface area contributed by atoms with Crippen LogP contribution in [-0.4, -0.2) is 11.5 Å². The molecule has 1 aromatic carbocycles. The van der Waals surface area contributed by atoms with Crippen molar-refractivity contribution < 1.29 is 0 Å². The predicted octanol–water partition coefficient (Wildman–Crippen LogP) is 5.11. The highest BCUT2D eigenvalue weighted by Crippen LogP contribution is 2.31. The highest BCUT2D eigenvalue weighted by atomic mass is 35.5. The van der Waals surface area contributed by atoms with E-state index in [2.05, 4.69) is 16.4 Å². The number of aromatic nitrogens is 1. The van der Waals surface area contributed by atoms with Crippen LogP contribution in [0.25, 0.3) is 0 Å². The molecule has 0 radical (unpaired) electrons. The molecule has 0 aliphatic rings. The fraction of sp³-hybridized carbons (Fsp3) is 0.214. The SMILES string of the molecule is CCNc1ccc(CSc2cc(Cl)ccc2Cl)cn1. The zero-order valence-electron chi connectivity index (χ0n) is 10.5. The normalized spacial score (nSPS) is 10.5. The molecule has 0 unspecified atom stereocenters. The van der Waals surface area contributed by atoms with E-state index in [1.807, 2.05) is 31.3 Å². The second-order valence-corrected chi connectivity index (χ2v) is 5.81. The Kier molecular flexibility index (Phi) is 5.37. The number of pyridine rings is 1. The predicted molar refractivity (Wildman–Crippen MR) is 84.4 cm³/mol. The van der Waals surface area contributed by atoms with Gasteiger partial charge in [-0.05, 0) is 36.8 Å². The third-order valence-electron chi connectivity index (χ3n) is 2.47. The average Bonchev–Trinajstić information content (AvgIpc) is 2.42. The minimum atomic E-state index is 0.701. The van der Waals surface area contributed by atoms with E-state index < -0.39 is 0 Å². The number of rotatable bonds is 5. The van der Waals surface area contributed by atoms with E-state index >= 15 is 0 Å². The molecule has 0 spiro atoms. The summed E-state index contributed by atoms with van der Waals surface area (Å²) in [4.78, 5) is 5.33. The molecule has 2 nitrogen and oxygen atoms in total. The van der Waals surface area contributed by atoms with Gasteiger partial charge in [-0.1, -0.05) is 29.3 Å². The summed E-state index contributed by atoms with van der Waals surface area (Å²) in [6.45, 7) is 2.92. The Labute approximate surface area is 127 Å². The Morgan fingerprint density at radius 1 is 1.21 bits per heavy atom. The van der Waals surface area contributed by atoms with Crippen molar-refractivity contribution in [2.45, 2.75) is 17.6 Å². The van der Waals surface area contributed by atoms with E-state index in [1.165, 1.54) is 0 Å². The van der Waals surface area contributed by atoms with Crippen LogP contribution in [0.15, 0.2) is 41.4 Å². The second-order valence-electron chi connectivity index (χ2n) is 3.95. The summed E-state index contributed by atoms with van der Waals surface area (Å²) in [5.41, 5.74) is 1.16. The first-order valence-electron chi connectivity index (χ1n) is 5.95. The van der Waals surface area contributed by atoms with Gasteiger partial charge in [0.1, 0.15) is 5.82 Å². The number of halogens is 2. The summed E-state index contributed by atoms with van der Waals surface area (Å²) in [7, 11) is 0. The van der Waals surface area contributed by atoms with Crippen LogP contribution in [0.4, 0.5) is 5.82 Å². The maximum Gasteiger partial charge on any atom is 0.125 e. The van der Waals surface area contributed by atoms with Gasteiger partial charge >= 0.3 is 0 Å². The fourth-order valence-corrected chi connectivity index (χ4v) is 2.97. The number of hydrogen-bond acceptors (Lipinski definition) is 3. The van der Waals surface area contributed by atoms with Crippen molar-refractivity contribution in [1.82, 2.24) is 4.98 Å². The van der Waals surface area contributed by atoms with Crippen molar-refractivity contribution >= 4 is 40.8 Å². The Bertz CT molecular complexity index is 544. The summed E-state index contributed by atoms with van der Waals surface area (Å²) < 4.78 is 0. The molecular formula is C14H14Cl2N2S. The van der Waals surface area contributed by atoms with E-state index in [-0.39, 0.29) is 0 Å². The minimum absolute atomic E-state index is 0.701. The molecule has 0 fully saturated rings.